The first kappa shape index (κ1) is 15.6. The van der Waals surface area contributed by atoms with Gasteiger partial charge in [0.25, 0.3) is 0 Å². The lowest BCUT2D eigenvalue weighted by Crippen LogP contribution is -2.42. The summed E-state index contributed by atoms with van der Waals surface area (Å²) >= 11 is 5.81. The normalized spacial score (nSPS) is 18.7. The number of hydrogen-bond donors (Lipinski definition) is 1. The van der Waals surface area contributed by atoms with Gasteiger partial charge in [-0.2, -0.15) is 0 Å². The Bertz CT molecular complexity index is 538. The second-order valence-electron chi connectivity index (χ2n) is 5.16. The summed E-state index contributed by atoms with van der Waals surface area (Å²) in [5.74, 6) is 0.575. The Hall–Kier alpha value is -0.820. The second kappa shape index (κ2) is 6.30. The van der Waals surface area contributed by atoms with E-state index in [9.17, 15) is 8.42 Å². The SMILES string of the molecule is NS(=O)(=O)CC1(COc2ccc(Cl)cc2)CCOCC1. The number of sulfonamides is 1. The largest absolute Gasteiger partial charge is 0.493 e. The molecule has 0 saturated carbocycles. The molecule has 0 radical (unpaired) electrons. The number of rotatable bonds is 5. The Kier molecular flexibility index (Phi) is 4.90. The highest BCUT2D eigenvalue weighted by molar-refractivity contribution is 7.89. The van der Waals surface area contributed by atoms with Crippen LogP contribution in [0.3, 0.4) is 0 Å². The fourth-order valence-electron chi connectivity index (χ4n) is 2.33. The summed E-state index contributed by atoms with van der Waals surface area (Å²) < 4.78 is 33.9. The number of ether oxygens (including phenoxy) is 2. The smallest absolute Gasteiger partial charge is 0.209 e. The van der Waals surface area contributed by atoms with Crippen molar-refractivity contribution in [1.29, 1.82) is 0 Å². The number of hydrogen-bond acceptors (Lipinski definition) is 4. The summed E-state index contributed by atoms with van der Waals surface area (Å²) in [6, 6.07) is 6.97. The van der Waals surface area contributed by atoms with Gasteiger partial charge in [-0.15, -0.1) is 0 Å². The molecule has 1 aliphatic heterocycles. The first-order valence-corrected chi connectivity index (χ1v) is 8.45. The molecule has 0 aromatic heterocycles. The lowest BCUT2D eigenvalue weighted by molar-refractivity contribution is 0.00210. The van der Waals surface area contributed by atoms with Crippen LogP contribution >= 0.6 is 11.6 Å². The van der Waals surface area contributed by atoms with Crippen molar-refractivity contribution in [2.75, 3.05) is 25.6 Å². The van der Waals surface area contributed by atoms with Crippen LogP contribution < -0.4 is 9.88 Å². The van der Waals surface area contributed by atoms with Gasteiger partial charge in [-0.1, -0.05) is 11.6 Å². The highest BCUT2D eigenvalue weighted by atomic mass is 35.5. The highest BCUT2D eigenvalue weighted by Crippen LogP contribution is 2.32. The minimum absolute atomic E-state index is 0.0864. The van der Waals surface area contributed by atoms with E-state index in [1.165, 1.54) is 0 Å². The van der Waals surface area contributed by atoms with Crippen molar-refractivity contribution < 1.29 is 17.9 Å². The third-order valence-electron chi connectivity index (χ3n) is 3.42. The molecule has 1 aromatic rings. The third-order valence-corrected chi connectivity index (χ3v) is 4.69. The van der Waals surface area contributed by atoms with Crippen LogP contribution in [-0.4, -0.2) is 34.0 Å². The zero-order chi connectivity index (χ0) is 14.6. The molecule has 0 spiro atoms. The summed E-state index contributed by atoms with van der Waals surface area (Å²) in [6.45, 7) is 1.35. The van der Waals surface area contributed by atoms with Gasteiger partial charge < -0.3 is 9.47 Å². The van der Waals surface area contributed by atoms with Crippen LogP contribution in [0.5, 0.6) is 5.75 Å². The van der Waals surface area contributed by atoms with Gasteiger partial charge >= 0.3 is 0 Å². The van der Waals surface area contributed by atoms with E-state index in [1.807, 2.05) is 0 Å². The molecule has 20 heavy (non-hydrogen) atoms. The van der Waals surface area contributed by atoms with Crippen LogP contribution in [0.25, 0.3) is 0 Å². The molecule has 2 N–H and O–H groups in total. The summed E-state index contributed by atoms with van der Waals surface area (Å²) in [5, 5.41) is 5.83. The molecule has 0 atom stereocenters. The van der Waals surface area contributed by atoms with Gasteiger partial charge in [-0.25, -0.2) is 13.6 Å². The van der Waals surface area contributed by atoms with Gasteiger partial charge in [-0.05, 0) is 37.1 Å². The average molecular weight is 320 g/mol. The quantitative estimate of drug-likeness (QED) is 0.897. The first-order chi connectivity index (χ1) is 9.39. The van der Waals surface area contributed by atoms with Gasteiger partial charge in [0.2, 0.25) is 10.0 Å². The van der Waals surface area contributed by atoms with Crippen molar-refractivity contribution in [1.82, 2.24) is 0 Å². The molecule has 5 nitrogen and oxygen atoms in total. The summed E-state index contributed by atoms with van der Waals surface area (Å²) in [7, 11) is -3.55. The van der Waals surface area contributed by atoms with E-state index >= 15 is 0 Å². The van der Waals surface area contributed by atoms with E-state index in [-0.39, 0.29) is 5.75 Å². The minimum Gasteiger partial charge on any atom is -0.493 e. The van der Waals surface area contributed by atoms with E-state index in [0.29, 0.717) is 43.4 Å². The lowest BCUT2D eigenvalue weighted by Gasteiger charge is -2.35. The number of benzene rings is 1. The maximum atomic E-state index is 11.4. The molecule has 1 fully saturated rings. The van der Waals surface area contributed by atoms with Gasteiger partial charge in [0.15, 0.2) is 0 Å². The van der Waals surface area contributed by atoms with E-state index in [4.69, 9.17) is 26.2 Å². The summed E-state index contributed by atoms with van der Waals surface area (Å²) in [4.78, 5) is 0. The van der Waals surface area contributed by atoms with E-state index in [1.54, 1.807) is 24.3 Å². The molecule has 7 heteroatoms. The van der Waals surface area contributed by atoms with Gasteiger partial charge in [-0.3, -0.25) is 0 Å². The molecule has 1 aliphatic rings. The Balaban J connectivity index is 2.06. The van der Waals surface area contributed by atoms with Crippen molar-refractivity contribution in [2.24, 2.45) is 10.6 Å². The molecule has 0 bridgehead atoms. The average Bonchev–Trinajstić information content (AvgIpc) is 2.37. The van der Waals surface area contributed by atoms with Crippen molar-refractivity contribution in [2.45, 2.75) is 12.8 Å². The molecule has 2 rings (SSSR count). The molecule has 1 saturated heterocycles. The zero-order valence-corrected chi connectivity index (χ0v) is 12.6. The topological polar surface area (TPSA) is 78.6 Å². The Labute approximate surface area is 124 Å². The molecule has 0 unspecified atom stereocenters. The monoisotopic (exact) mass is 319 g/mol. The molecule has 1 aromatic carbocycles. The molecule has 0 aliphatic carbocycles. The van der Waals surface area contributed by atoms with E-state index < -0.39 is 15.4 Å². The maximum absolute atomic E-state index is 11.4. The van der Waals surface area contributed by atoms with Gasteiger partial charge in [0, 0.05) is 23.7 Å². The Morgan fingerprint density at radius 2 is 1.85 bits per heavy atom. The van der Waals surface area contributed by atoms with E-state index in [0.717, 1.165) is 0 Å². The molecular weight excluding hydrogens is 302 g/mol. The minimum atomic E-state index is -3.55. The predicted molar refractivity (Wildman–Crippen MR) is 77.4 cm³/mol. The number of nitrogens with two attached hydrogens (primary N) is 1. The fourth-order valence-corrected chi connectivity index (χ4v) is 3.68. The molecule has 112 valence electrons. The predicted octanol–water partition coefficient (Wildman–Crippen LogP) is 1.80. The van der Waals surface area contributed by atoms with Crippen molar-refractivity contribution in [3.63, 3.8) is 0 Å². The molecule has 0 amide bonds. The van der Waals surface area contributed by atoms with Crippen molar-refractivity contribution >= 4 is 21.6 Å². The standard InChI is InChI=1S/C13H18ClNO4S/c14-11-1-3-12(4-2-11)19-9-13(10-20(15,16)17)5-7-18-8-6-13/h1-4H,5-10H2,(H2,15,16,17). The lowest BCUT2D eigenvalue weighted by atomic mass is 9.83. The maximum Gasteiger partial charge on any atom is 0.209 e. The van der Waals surface area contributed by atoms with Crippen LogP contribution in [0.15, 0.2) is 24.3 Å². The van der Waals surface area contributed by atoms with Crippen LogP contribution in [0.4, 0.5) is 0 Å². The Morgan fingerprint density at radius 1 is 1.25 bits per heavy atom. The van der Waals surface area contributed by atoms with Crippen LogP contribution in [0.2, 0.25) is 5.02 Å². The summed E-state index contributed by atoms with van der Waals surface area (Å²) in [6.07, 6.45) is 1.24. The van der Waals surface area contributed by atoms with E-state index in [2.05, 4.69) is 0 Å². The Morgan fingerprint density at radius 3 is 2.40 bits per heavy atom. The third kappa shape index (κ3) is 4.63. The first-order valence-electron chi connectivity index (χ1n) is 6.35. The fraction of sp³-hybridized carbons (Fsp3) is 0.538. The highest BCUT2D eigenvalue weighted by Gasteiger charge is 2.37. The number of primary sulfonamides is 1. The molecule has 1 heterocycles. The number of halogens is 1. The van der Waals surface area contributed by atoms with Gasteiger partial charge in [0.1, 0.15) is 5.75 Å². The van der Waals surface area contributed by atoms with Crippen molar-refractivity contribution in [3.05, 3.63) is 29.3 Å². The molecular formula is C13H18ClNO4S. The second-order valence-corrected chi connectivity index (χ2v) is 7.21. The van der Waals surface area contributed by atoms with Gasteiger partial charge in [0.05, 0.1) is 12.4 Å². The van der Waals surface area contributed by atoms with Crippen molar-refractivity contribution in [3.8, 4) is 5.75 Å². The van der Waals surface area contributed by atoms with Crippen LogP contribution in [-0.2, 0) is 14.8 Å². The van der Waals surface area contributed by atoms with Crippen LogP contribution in [0, 0.1) is 5.41 Å². The zero-order valence-electron chi connectivity index (χ0n) is 11.0. The summed E-state index contributed by atoms with van der Waals surface area (Å²) in [5.41, 5.74) is -0.481. The van der Waals surface area contributed by atoms with Crippen LogP contribution in [0.1, 0.15) is 12.8 Å².